The first-order valence-electron chi connectivity index (χ1n) is 12.7. The third kappa shape index (κ3) is 9.42. The van der Waals surface area contributed by atoms with Crippen molar-refractivity contribution in [1.82, 2.24) is 9.97 Å². The zero-order valence-corrected chi connectivity index (χ0v) is 24.5. The van der Waals surface area contributed by atoms with Crippen LogP contribution in [0.2, 0.25) is 0 Å². The summed E-state index contributed by atoms with van der Waals surface area (Å²) >= 11 is 3.20. The Morgan fingerprint density at radius 2 is 1.36 bits per heavy atom. The van der Waals surface area contributed by atoms with Gasteiger partial charge >= 0.3 is 0 Å². The number of nitrogens with zero attached hydrogens (tertiary/aromatic N) is 4. The van der Waals surface area contributed by atoms with Crippen LogP contribution in [0.3, 0.4) is 0 Å². The van der Waals surface area contributed by atoms with Crippen LogP contribution in [-0.4, -0.2) is 70.2 Å². The molecule has 0 spiro atoms. The molecule has 4 heterocycles. The Hall–Kier alpha value is -1.50. The van der Waals surface area contributed by atoms with Gasteiger partial charge in [0.05, 0.1) is 11.5 Å². The number of hydrogen-bond donors (Lipinski definition) is 0. The van der Waals surface area contributed by atoms with E-state index in [1.165, 1.54) is 43.9 Å². The van der Waals surface area contributed by atoms with E-state index in [9.17, 15) is 16.8 Å². The maximum atomic E-state index is 11.5. The lowest BCUT2D eigenvalue weighted by Gasteiger charge is -2.25. The number of sulfone groups is 2. The summed E-state index contributed by atoms with van der Waals surface area (Å²) in [6.45, 7) is 7.63. The minimum absolute atomic E-state index is 0.140. The van der Waals surface area contributed by atoms with Gasteiger partial charge in [0.25, 0.3) is 0 Å². The highest BCUT2D eigenvalue weighted by Gasteiger charge is 2.16. The van der Waals surface area contributed by atoms with Crippen LogP contribution in [0.1, 0.15) is 62.1 Å². The van der Waals surface area contributed by atoms with Gasteiger partial charge in [-0.15, -0.1) is 11.3 Å². The molecule has 2 fully saturated rings. The van der Waals surface area contributed by atoms with Crippen molar-refractivity contribution in [2.45, 2.75) is 58.8 Å². The van der Waals surface area contributed by atoms with E-state index < -0.39 is 19.7 Å². The first-order valence-corrected chi connectivity index (χ1v) is 17.9. The van der Waals surface area contributed by atoms with E-state index in [-0.39, 0.29) is 17.3 Å². The zero-order chi connectivity index (χ0) is 26.0. The van der Waals surface area contributed by atoms with Crippen molar-refractivity contribution < 1.29 is 16.8 Å². The Labute approximate surface area is 224 Å². The summed E-state index contributed by atoms with van der Waals surface area (Å²) in [5.74, 6) is 0.608. The molecule has 12 heteroatoms. The van der Waals surface area contributed by atoms with Gasteiger partial charge in [0, 0.05) is 59.5 Å². The molecular formula is C24H38N4O4S4. The predicted octanol–water partition coefficient (Wildman–Crippen LogP) is 4.65. The third-order valence-electron chi connectivity index (χ3n) is 6.25. The number of thiazole rings is 2. The SMILES string of the molecule is CCS(=O)(=O)/C=C/c1cnc(N2CCCCC2)s1.CCS(=O)(=O)CCc1cnc(N2CCCCC2)s1. The highest BCUT2D eigenvalue weighted by molar-refractivity contribution is 7.94. The summed E-state index contributed by atoms with van der Waals surface area (Å²) in [4.78, 5) is 15.3. The molecule has 0 amide bonds. The molecule has 0 aliphatic carbocycles. The Kier molecular flexibility index (Phi) is 11.2. The van der Waals surface area contributed by atoms with Crippen molar-refractivity contribution in [3.63, 3.8) is 0 Å². The lowest BCUT2D eigenvalue weighted by atomic mass is 10.1. The van der Waals surface area contributed by atoms with E-state index in [1.54, 1.807) is 48.8 Å². The Bertz CT molecular complexity index is 1180. The maximum absolute atomic E-state index is 11.5. The average molecular weight is 575 g/mol. The van der Waals surface area contributed by atoms with E-state index in [0.717, 1.165) is 46.2 Å². The van der Waals surface area contributed by atoms with Gasteiger partial charge in [-0.1, -0.05) is 25.2 Å². The van der Waals surface area contributed by atoms with E-state index in [1.807, 2.05) is 6.20 Å². The summed E-state index contributed by atoms with van der Waals surface area (Å²) in [5.41, 5.74) is 0. The van der Waals surface area contributed by atoms with Crippen molar-refractivity contribution >= 4 is 58.7 Å². The van der Waals surface area contributed by atoms with Crippen LogP contribution in [0, 0.1) is 0 Å². The Morgan fingerprint density at radius 3 is 1.92 bits per heavy atom. The molecule has 0 atom stereocenters. The van der Waals surface area contributed by atoms with E-state index in [0.29, 0.717) is 6.42 Å². The van der Waals surface area contributed by atoms with Crippen LogP contribution < -0.4 is 9.80 Å². The number of hydrogen-bond acceptors (Lipinski definition) is 10. The van der Waals surface area contributed by atoms with Gasteiger partial charge in [-0.2, -0.15) is 0 Å². The molecule has 0 N–H and O–H groups in total. The second-order valence-electron chi connectivity index (χ2n) is 8.99. The molecule has 4 rings (SSSR count). The van der Waals surface area contributed by atoms with Crippen LogP contribution in [0.15, 0.2) is 17.8 Å². The maximum Gasteiger partial charge on any atom is 0.185 e. The largest absolute Gasteiger partial charge is 0.348 e. The first-order chi connectivity index (χ1) is 17.2. The summed E-state index contributed by atoms with van der Waals surface area (Å²) in [7, 11) is -5.92. The van der Waals surface area contributed by atoms with Gasteiger partial charge in [0.1, 0.15) is 9.84 Å². The molecule has 202 valence electrons. The van der Waals surface area contributed by atoms with Crippen molar-refractivity contribution in [2.75, 3.05) is 53.2 Å². The standard InChI is InChI=1S/C12H20N2O2S2.C12H18N2O2S2/c2*1-2-18(15,16)9-6-11-10-13-12(17-11)14-7-4-3-5-8-14/h10H,2-9H2,1H3;6,9-10H,2-5,7-8H2,1H3/b;9-6+. The normalized spacial score (nSPS) is 17.3. The molecule has 0 unspecified atom stereocenters. The summed E-state index contributed by atoms with van der Waals surface area (Å²) in [5, 5.41) is 3.34. The van der Waals surface area contributed by atoms with E-state index >= 15 is 0 Å². The first kappa shape index (κ1) is 29.1. The molecule has 2 saturated heterocycles. The minimum atomic E-state index is -3.05. The highest BCUT2D eigenvalue weighted by atomic mass is 32.2. The molecule has 2 aromatic heterocycles. The Morgan fingerprint density at radius 1 is 0.806 bits per heavy atom. The molecule has 0 aromatic carbocycles. The lowest BCUT2D eigenvalue weighted by molar-refractivity contribution is 0.577. The van der Waals surface area contributed by atoms with Gasteiger partial charge in [-0.25, -0.2) is 26.8 Å². The average Bonchev–Trinajstić information content (AvgIpc) is 3.58. The van der Waals surface area contributed by atoms with Gasteiger partial charge in [-0.3, -0.25) is 0 Å². The number of aromatic nitrogens is 2. The molecule has 2 aromatic rings. The smallest absolute Gasteiger partial charge is 0.185 e. The van der Waals surface area contributed by atoms with Crippen LogP contribution >= 0.6 is 22.7 Å². The van der Waals surface area contributed by atoms with E-state index in [2.05, 4.69) is 19.8 Å². The number of aryl methyl sites for hydroxylation is 1. The second kappa shape index (κ2) is 13.9. The molecule has 2 aliphatic heterocycles. The molecular weight excluding hydrogens is 537 g/mol. The summed E-state index contributed by atoms with van der Waals surface area (Å²) in [6.07, 6.45) is 13.3. The van der Waals surface area contributed by atoms with Crippen molar-refractivity contribution in [3.05, 3.63) is 27.6 Å². The topological polar surface area (TPSA) is 101 Å². The molecule has 2 aliphatic rings. The highest BCUT2D eigenvalue weighted by Crippen LogP contribution is 2.27. The second-order valence-corrected chi connectivity index (χ2v) is 15.8. The number of rotatable bonds is 9. The van der Waals surface area contributed by atoms with Crippen LogP contribution in [0.25, 0.3) is 6.08 Å². The van der Waals surface area contributed by atoms with Crippen LogP contribution in [0.5, 0.6) is 0 Å². The zero-order valence-electron chi connectivity index (χ0n) is 21.3. The summed E-state index contributed by atoms with van der Waals surface area (Å²) < 4.78 is 45.6. The van der Waals surface area contributed by atoms with Gasteiger partial charge in [-0.05, 0) is 51.0 Å². The van der Waals surface area contributed by atoms with Crippen molar-refractivity contribution in [1.29, 1.82) is 0 Å². The van der Waals surface area contributed by atoms with Gasteiger partial charge < -0.3 is 9.80 Å². The summed E-state index contributed by atoms with van der Waals surface area (Å²) in [6, 6.07) is 0. The van der Waals surface area contributed by atoms with E-state index in [4.69, 9.17) is 0 Å². The minimum Gasteiger partial charge on any atom is -0.348 e. The molecule has 0 radical (unpaired) electrons. The number of piperidine rings is 2. The van der Waals surface area contributed by atoms with Gasteiger partial charge in [0.2, 0.25) is 0 Å². The number of anilines is 2. The van der Waals surface area contributed by atoms with Gasteiger partial charge in [0.15, 0.2) is 20.1 Å². The fraction of sp³-hybridized carbons (Fsp3) is 0.667. The lowest BCUT2D eigenvalue weighted by Crippen LogP contribution is -2.29. The third-order valence-corrected chi connectivity index (χ3v) is 11.4. The van der Waals surface area contributed by atoms with Crippen LogP contribution in [-0.2, 0) is 26.1 Å². The fourth-order valence-corrected chi connectivity index (χ4v) is 7.31. The fourth-order valence-electron chi connectivity index (χ4n) is 3.90. The van der Waals surface area contributed by atoms with Crippen molar-refractivity contribution in [3.8, 4) is 0 Å². The molecule has 8 nitrogen and oxygen atoms in total. The quantitative estimate of drug-likeness (QED) is 0.427. The Balaban J connectivity index is 0.000000201. The van der Waals surface area contributed by atoms with Crippen LogP contribution in [0.4, 0.5) is 10.3 Å². The predicted molar refractivity (Wildman–Crippen MR) is 153 cm³/mol. The molecule has 0 bridgehead atoms. The monoisotopic (exact) mass is 574 g/mol. The molecule has 36 heavy (non-hydrogen) atoms. The van der Waals surface area contributed by atoms with Crippen molar-refractivity contribution in [2.24, 2.45) is 0 Å². The molecule has 0 saturated carbocycles.